The Kier molecular flexibility index (Phi) is 6.66. The predicted octanol–water partition coefficient (Wildman–Crippen LogP) is 5.91. The Morgan fingerprint density at radius 1 is 1.00 bits per heavy atom. The lowest BCUT2D eigenvalue weighted by Gasteiger charge is -2.30. The molecule has 24 heavy (non-hydrogen) atoms. The van der Waals surface area contributed by atoms with Crippen molar-refractivity contribution in [1.29, 1.82) is 0 Å². The fourth-order valence-corrected chi connectivity index (χ4v) is 3.13. The maximum absolute atomic E-state index is 4.43. The molecule has 0 radical (unpaired) electrons. The summed E-state index contributed by atoms with van der Waals surface area (Å²) < 4.78 is 0. The molecule has 0 aromatic heterocycles. The Morgan fingerprint density at radius 3 is 2.33 bits per heavy atom. The minimum atomic E-state index is 0.448. The summed E-state index contributed by atoms with van der Waals surface area (Å²) in [6.07, 6.45) is 2.19. The number of aryl methyl sites for hydroxylation is 2. The third kappa shape index (κ3) is 5.26. The number of rotatable bonds is 8. The normalized spacial score (nSPS) is 12.0. The molecule has 2 aromatic rings. The van der Waals surface area contributed by atoms with E-state index >= 15 is 0 Å². The fraction of sp³-hybridized carbons (Fsp3) is 0.391. The minimum absolute atomic E-state index is 0.448. The van der Waals surface area contributed by atoms with E-state index in [0.717, 1.165) is 25.9 Å². The molecular weight excluding hydrogens is 290 g/mol. The van der Waals surface area contributed by atoms with Gasteiger partial charge in [-0.1, -0.05) is 80.1 Å². The van der Waals surface area contributed by atoms with Gasteiger partial charge in [0.15, 0.2) is 0 Å². The molecule has 2 rings (SSSR count). The van der Waals surface area contributed by atoms with Crippen molar-refractivity contribution in [2.75, 3.05) is 6.54 Å². The zero-order valence-electron chi connectivity index (χ0n) is 15.7. The van der Waals surface area contributed by atoms with Crippen LogP contribution in [0.2, 0.25) is 0 Å². The molecular formula is C23H31N. The maximum atomic E-state index is 4.43. The van der Waals surface area contributed by atoms with Crippen molar-refractivity contribution < 1.29 is 0 Å². The number of nitrogens with zero attached hydrogens (tertiary/aromatic N) is 1. The molecule has 0 fully saturated rings. The molecule has 1 nitrogen and oxygen atoms in total. The van der Waals surface area contributed by atoms with Crippen LogP contribution in [-0.4, -0.2) is 11.4 Å². The number of hydrogen-bond donors (Lipinski definition) is 0. The van der Waals surface area contributed by atoms with Crippen molar-refractivity contribution >= 4 is 0 Å². The molecule has 0 heterocycles. The van der Waals surface area contributed by atoms with Gasteiger partial charge >= 0.3 is 0 Å². The van der Waals surface area contributed by atoms with Crippen LogP contribution in [0.3, 0.4) is 0 Å². The van der Waals surface area contributed by atoms with Crippen LogP contribution in [0.1, 0.15) is 42.5 Å². The molecule has 0 bridgehead atoms. The largest absolute Gasteiger partial charge is 0.371 e. The molecule has 0 spiro atoms. The van der Waals surface area contributed by atoms with Gasteiger partial charge in [0, 0.05) is 18.8 Å². The van der Waals surface area contributed by atoms with Crippen LogP contribution in [0.5, 0.6) is 0 Å². The third-order valence-electron chi connectivity index (χ3n) is 4.59. The smallest absolute Gasteiger partial charge is 0.0426 e. The van der Waals surface area contributed by atoms with Gasteiger partial charge in [0.2, 0.25) is 0 Å². The molecule has 1 atom stereocenters. The van der Waals surface area contributed by atoms with E-state index in [1.54, 1.807) is 0 Å². The van der Waals surface area contributed by atoms with Gasteiger partial charge in [-0.3, -0.25) is 0 Å². The minimum Gasteiger partial charge on any atom is -0.371 e. The summed E-state index contributed by atoms with van der Waals surface area (Å²) in [7, 11) is 0. The van der Waals surface area contributed by atoms with Crippen molar-refractivity contribution in [2.24, 2.45) is 5.92 Å². The monoisotopic (exact) mass is 321 g/mol. The van der Waals surface area contributed by atoms with Gasteiger partial charge in [0.1, 0.15) is 0 Å². The van der Waals surface area contributed by atoms with Crippen molar-refractivity contribution in [3.05, 3.63) is 83.1 Å². The number of benzene rings is 2. The highest BCUT2D eigenvalue weighted by molar-refractivity contribution is 5.24. The highest BCUT2D eigenvalue weighted by atomic mass is 15.1. The molecule has 0 saturated heterocycles. The van der Waals surface area contributed by atoms with E-state index in [1.807, 2.05) is 0 Å². The predicted molar refractivity (Wildman–Crippen MR) is 105 cm³/mol. The summed E-state index contributed by atoms with van der Waals surface area (Å²) in [4.78, 5) is 2.45. The Morgan fingerprint density at radius 2 is 1.71 bits per heavy atom. The van der Waals surface area contributed by atoms with E-state index in [1.165, 1.54) is 28.0 Å². The van der Waals surface area contributed by atoms with E-state index in [2.05, 4.69) is 87.7 Å². The second-order valence-electron chi connectivity index (χ2n) is 6.99. The fourth-order valence-electron chi connectivity index (χ4n) is 3.13. The SMILES string of the molecule is C=C(C(C)Cc1cccc(C)c1)N(CCC)Cc1ccc(C)cc1. The molecule has 0 aliphatic rings. The van der Waals surface area contributed by atoms with Crippen molar-refractivity contribution in [2.45, 2.75) is 47.1 Å². The topological polar surface area (TPSA) is 3.24 Å². The lowest BCUT2D eigenvalue weighted by atomic mass is 9.96. The molecule has 0 aliphatic heterocycles. The van der Waals surface area contributed by atoms with Gasteiger partial charge < -0.3 is 4.90 Å². The van der Waals surface area contributed by atoms with Gasteiger partial charge in [-0.15, -0.1) is 0 Å². The summed E-state index contributed by atoms with van der Waals surface area (Å²) in [5.74, 6) is 0.448. The van der Waals surface area contributed by atoms with Crippen molar-refractivity contribution in [3.8, 4) is 0 Å². The quantitative estimate of drug-likeness (QED) is 0.584. The first-order valence-electron chi connectivity index (χ1n) is 9.04. The van der Waals surface area contributed by atoms with E-state index in [-0.39, 0.29) is 0 Å². The Labute approximate surface area is 148 Å². The lowest BCUT2D eigenvalue weighted by molar-refractivity contribution is 0.300. The van der Waals surface area contributed by atoms with Crippen LogP contribution in [0.15, 0.2) is 60.8 Å². The molecule has 0 saturated carbocycles. The second-order valence-corrected chi connectivity index (χ2v) is 6.99. The first-order valence-corrected chi connectivity index (χ1v) is 9.04. The van der Waals surface area contributed by atoms with E-state index in [0.29, 0.717) is 5.92 Å². The van der Waals surface area contributed by atoms with E-state index in [4.69, 9.17) is 0 Å². The summed E-state index contributed by atoms with van der Waals surface area (Å²) in [6, 6.07) is 17.7. The zero-order chi connectivity index (χ0) is 17.5. The standard InChI is InChI=1S/C23H31N/c1-6-14-24(17-22-12-10-18(2)11-13-22)21(5)20(4)16-23-9-7-8-19(3)15-23/h7-13,15,20H,5-6,14,16-17H2,1-4H3. The molecule has 128 valence electrons. The molecule has 1 heteroatoms. The van der Waals surface area contributed by atoms with Gasteiger partial charge in [0.25, 0.3) is 0 Å². The lowest BCUT2D eigenvalue weighted by Crippen LogP contribution is -2.27. The van der Waals surface area contributed by atoms with E-state index in [9.17, 15) is 0 Å². The maximum Gasteiger partial charge on any atom is 0.0426 e. The van der Waals surface area contributed by atoms with Crippen LogP contribution in [0.4, 0.5) is 0 Å². The second kappa shape index (κ2) is 8.73. The molecule has 0 amide bonds. The van der Waals surface area contributed by atoms with Gasteiger partial charge in [0.05, 0.1) is 0 Å². The number of allylic oxidation sites excluding steroid dienone is 1. The number of hydrogen-bond acceptors (Lipinski definition) is 1. The summed E-state index contributed by atoms with van der Waals surface area (Å²) in [5.41, 5.74) is 6.65. The van der Waals surface area contributed by atoms with Crippen LogP contribution in [0.25, 0.3) is 0 Å². The molecule has 0 aliphatic carbocycles. The third-order valence-corrected chi connectivity index (χ3v) is 4.59. The van der Waals surface area contributed by atoms with Gasteiger partial charge in [-0.25, -0.2) is 0 Å². The first kappa shape index (κ1) is 18.3. The zero-order valence-corrected chi connectivity index (χ0v) is 15.7. The summed E-state index contributed by atoms with van der Waals surface area (Å²) in [5, 5.41) is 0. The highest BCUT2D eigenvalue weighted by Gasteiger charge is 2.15. The highest BCUT2D eigenvalue weighted by Crippen LogP contribution is 2.22. The van der Waals surface area contributed by atoms with Crippen LogP contribution in [-0.2, 0) is 13.0 Å². The van der Waals surface area contributed by atoms with Crippen LogP contribution < -0.4 is 0 Å². The Balaban J connectivity index is 2.05. The summed E-state index contributed by atoms with van der Waals surface area (Å²) in [6.45, 7) is 15.3. The average molecular weight is 322 g/mol. The van der Waals surface area contributed by atoms with Crippen molar-refractivity contribution in [3.63, 3.8) is 0 Å². The molecule has 2 aromatic carbocycles. The van der Waals surface area contributed by atoms with Crippen molar-refractivity contribution in [1.82, 2.24) is 4.90 Å². The van der Waals surface area contributed by atoms with Gasteiger partial charge in [-0.2, -0.15) is 0 Å². The molecule has 1 unspecified atom stereocenters. The van der Waals surface area contributed by atoms with Gasteiger partial charge in [-0.05, 0) is 43.7 Å². The average Bonchev–Trinajstić information content (AvgIpc) is 2.55. The molecule has 0 N–H and O–H groups in total. The van der Waals surface area contributed by atoms with Crippen LogP contribution in [0, 0.1) is 19.8 Å². The Bertz CT molecular complexity index is 654. The summed E-state index contributed by atoms with van der Waals surface area (Å²) >= 11 is 0. The Hall–Kier alpha value is -2.02. The van der Waals surface area contributed by atoms with E-state index < -0.39 is 0 Å². The van der Waals surface area contributed by atoms with Crippen LogP contribution >= 0.6 is 0 Å². The first-order chi connectivity index (χ1) is 11.5.